The molecule has 1 aromatic carbocycles. The number of hydrogen-bond acceptors (Lipinski definition) is 1. The van der Waals surface area contributed by atoms with Crippen molar-refractivity contribution in [1.29, 1.82) is 0 Å². The Balaban J connectivity index is 2.92. The molecule has 0 saturated heterocycles. The highest BCUT2D eigenvalue weighted by atomic mass is 35.5. The summed E-state index contributed by atoms with van der Waals surface area (Å²) >= 11 is 11.0. The number of carbonyl (C=O) groups is 1. The Labute approximate surface area is 87.0 Å². The molecule has 0 heterocycles. The van der Waals surface area contributed by atoms with Gasteiger partial charge in [0.05, 0.1) is 0 Å². The van der Waals surface area contributed by atoms with Crippen molar-refractivity contribution < 1.29 is 4.79 Å². The number of halogens is 2. The molecule has 0 aromatic heterocycles. The molecule has 0 aliphatic carbocycles. The molecule has 0 fully saturated rings. The molecule has 0 N–H and O–H groups in total. The minimum Gasteiger partial charge on any atom is -0.276 e. The van der Waals surface area contributed by atoms with Crippen molar-refractivity contribution in [3.05, 3.63) is 40.4 Å². The van der Waals surface area contributed by atoms with Crippen LogP contribution in [0, 0.1) is 0 Å². The summed E-state index contributed by atoms with van der Waals surface area (Å²) in [5.74, 6) is 0. The quantitative estimate of drug-likeness (QED) is 0.545. The second kappa shape index (κ2) is 4.45. The van der Waals surface area contributed by atoms with Gasteiger partial charge in [0.1, 0.15) is 0 Å². The fourth-order valence-electron chi connectivity index (χ4n) is 0.866. The van der Waals surface area contributed by atoms with Crippen LogP contribution in [0.15, 0.2) is 29.8 Å². The monoisotopic (exact) mass is 214 g/mol. The van der Waals surface area contributed by atoms with Crippen molar-refractivity contribution >= 4 is 34.5 Å². The molecule has 1 aromatic rings. The Bertz CT molecular complexity index is 338. The molecule has 0 atom stereocenters. The van der Waals surface area contributed by atoms with E-state index in [1.54, 1.807) is 25.1 Å². The lowest BCUT2D eigenvalue weighted by atomic mass is 10.1. The van der Waals surface area contributed by atoms with E-state index in [9.17, 15) is 4.79 Å². The fraction of sp³-hybridized carbons (Fsp3) is 0.100. The van der Waals surface area contributed by atoms with E-state index in [-0.39, 0.29) is 0 Å². The summed E-state index contributed by atoms with van der Waals surface area (Å²) in [6.45, 7) is 1.67. The highest BCUT2D eigenvalue weighted by molar-refractivity contribution is 6.68. The van der Waals surface area contributed by atoms with E-state index in [1.807, 2.05) is 12.1 Å². The van der Waals surface area contributed by atoms with E-state index in [2.05, 4.69) is 0 Å². The van der Waals surface area contributed by atoms with Crippen LogP contribution in [0.3, 0.4) is 0 Å². The summed E-state index contributed by atoms with van der Waals surface area (Å²) in [5, 5.41) is 0.238. The number of hydrogen-bond donors (Lipinski definition) is 0. The largest absolute Gasteiger partial charge is 0.276 e. The van der Waals surface area contributed by atoms with Crippen LogP contribution in [0.2, 0.25) is 5.02 Å². The summed E-state index contributed by atoms with van der Waals surface area (Å²) in [6.07, 6.45) is 1.71. The maximum absolute atomic E-state index is 10.7. The molecule has 0 bridgehead atoms. The van der Waals surface area contributed by atoms with Gasteiger partial charge in [-0.1, -0.05) is 23.7 Å². The van der Waals surface area contributed by atoms with Gasteiger partial charge >= 0.3 is 0 Å². The maximum atomic E-state index is 10.7. The predicted octanol–water partition coefficient (Wildman–Crippen LogP) is 3.51. The highest BCUT2D eigenvalue weighted by Gasteiger charge is 1.98. The van der Waals surface area contributed by atoms with Crippen molar-refractivity contribution in [1.82, 2.24) is 0 Å². The first-order valence-corrected chi connectivity index (χ1v) is 4.49. The number of carbonyl (C=O) groups excluding carboxylic acids is 1. The van der Waals surface area contributed by atoms with Crippen LogP contribution in [-0.2, 0) is 4.79 Å². The predicted molar refractivity (Wildman–Crippen MR) is 56.0 cm³/mol. The van der Waals surface area contributed by atoms with Gasteiger partial charge in [-0.05, 0) is 42.3 Å². The number of allylic oxidation sites excluding steroid dienone is 1. The molecule has 1 rings (SSSR count). The van der Waals surface area contributed by atoms with Gasteiger partial charge in [0, 0.05) is 10.6 Å². The zero-order valence-corrected chi connectivity index (χ0v) is 8.56. The molecule has 0 spiro atoms. The van der Waals surface area contributed by atoms with Crippen molar-refractivity contribution in [2.75, 3.05) is 0 Å². The van der Waals surface area contributed by atoms with Crippen LogP contribution in [0.4, 0.5) is 0 Å². The van der Waals surface area contributed by atoms with Crippen molar-refractivity contribution in [2.45, 2.75) is 6.92 Å². The normalized spacial score (nSPS) is 11.5. The van der Waals surface area contributed by atoms with Crippen molar-refractivity contribution in [3.8, 4) is 0 Å². The average Bonchev–Trinajstić information content (AvgIpc) is 2.08. The standard InChI is InChI=1S/C10H8Cl2O/c1-7(10(12)13)6-8-2-4-9(11)5-3-8/h2-6H,1H3. The first-order chi connectivity index (χ1) is 6.09. The van der Waals surface area contributed by atoms with E-state index in [0.29, 0.717) is 10.6 Å². The molecular formula is C10H8Cl2O. The summed E-state index contributed by atoms with van der Waals surface area (Å²) in [5.41, 5.74) is 1.43. The summed E-state index contributed by atoms with van der Waals surface area (Å²) in [6, 6.07) is 7.18. The van der Waals surface area contributed by atoms with Crippen LogP contribution >= 0.6 is 23.2 Å². The van der Waals surface area contributed by atoms with E-state index >= 15 is 0 Å². The van der Waals surface area contributed by atoms with Crippen molar-refractivity contribution in [3.63, 3.8) is 0 Å². The summed E-state index contributed by atoms with van der Waals surface area (Å²) in [7, 11) is 0. The SMILES string of the molecule is CC(=Cc1ccc(Cl)cc1)C(=O)Cl. The van der Waals surface area contributed by atoms with Crippen LogP contribution in [-0.4, -0.2) is 5.24 Å². The lowest BCUT2D eigenvalue weighted by Gasteiger charge is -1.95. The fourth-order valence-corrected chi connectivity index (χ4v) is 1.05. The van der Waals surface area contributed by atoms with E-state index in [4.69, 9.17) is 23.2 Å². The van der Waals surface area contributed by atoms with E-state index < -0.39 is 5.24 Å². The summed E-state index contributed by atoms with van der Waals surface area (Å²) in [4.78, 5) is 10.7. The third kappa shape index (κ3) is 3.21. The van der Waals surface area contributed by atoms with E-state index in [1.165, 1.54) is 0 Å². The lowest BCUT2D eigenvalue weighted by molar-refractivity contribution is -0.108. The van der Waals surface area contributed by atoms with Crippen LogP contribution in [0.5, 0.6) is 0 Å². The molecule has 0 aliphatic rings. The minimum absolute atomic E-state index is 0.435. The molecule has 68 valence electrons. The van der Waals surface area contributed by atoms with Gasteiger partial charge in [-0.3, -0.25) is 4.79 Å². The third-order valence-electron chi connectivity index (χ3n) is 1.56. The average molecular weight is 215 g/mol. The van der Waals surface area contributed by atoms with Gasteiger partial charge in [0.2, 0.25) is 5.24 Å². The Morgan fingerprint density at radius 1 is 1.31 bits per heavy atom. The molecule has 1 nitrogen and oxygen atoms in total. The van der Waals surface area contributed by atoms with Crippen LogP contribution in [0.1, 0.15) is 12.5 Å². The molecule has 0 saturated carbocycles. The van der Waals surface area contributed by atoms with Gasteiger partial charge in [-0.25, -0.2) is 0 Å². The van der Waals surface area contributed by atoms with E-state index in [0.717, 1.165) is 5.56 Å². The van der Waals surface area contributed by atoms with Gasteiger partial charge in [0.15, 0.2) is 0 Å². The van der Waals surface area contributed by atoms with Gasteiger partial charge in [-0.2, -0.15) is 0 Å². The Morgan fingerprint density at radius 2 is 1.85 bits per heavy atom. The molecule has 0 aliphatic heterocycles. The highest BCUT2D eigenvalue weighted by Crippen LogP contribution is 2.13. The second-order valence-corrected chi connectivity index (χ2v) is 3.43. The van der Waals surface area contributed by atoms with Gasteiger partial charge in [0.25, 0.3) is 0 Å². The molecule has 0 amide bonds. The number of rotatable bonds is 2. The molecule has 3 heteroatoms. The zero-order chi connectivity index (χ0) is 9.84. The molecule has 13 heavy (non-hydrogen) atoms. The summed E-state index contributed by atoms with van der Waals surface area (Å²) < 4.78 is 0. The molecule has 0 unspecified atom stereocenters. The Morgan fingerprint density at radius 3 is 2.31 bits per heavy atom. The van der Waals surface area contributed by atoms with Gasteiger partial charge < -0.3 is 0 Å². The molecule has 0 radical (unpaired) electrons. The zero-order valence-electron chi connectivity index (χ0n) is 7.05. The molecular weight excluding hydrogens is 207 g/mol. The van der Waals surface area contributed by atoms with Crippen LogP contribution < -0.4 is 0 Å². The second-order valence-electron chi connectivity index (χ2n) is 2.65. The Kier molecular flexibility index (Phi) is 3.52. The maximum Gasteiger partial charge on any atom is 0.248 e. The first-order valence-electron chi connectivity index (χ1n) is 3.73. The number of benzene rings is 1. The minimum atomic E-state index is -0.435. The lowest BCUT2D eigenvalue weighted by Crippen LogP contribution is -1.86. The van der Waals surface area contributed by atoms with Gasteiger partial charge in [-0.15, -0.1) is 0 Å². The first kappa shape index (κ1) is 10.3. The van der Waals surface area contributed by atoms with Crippen molar-refractivity contribution in [2.24, 2.45) is 0 Å². The Hall–Kier alpha value is -0.790. The van der Waals surface area contributed by atoms with Crippen LogP contribution in [0.25, 0.3) is 6.08 Å². The smallest absolute Gasteiger partial charge is 0.248 e. The third-order valence-corrected chi connectivity index (χ3v) is 2.11. The topological polar surface area (TPSA) is 17.1 Å².